The fourth-order valence-electron chi connectivity index (χ4n) is 3.57. The molecule has 6 nitrogen and oxygen atoms in total. The molecule has 0 spiro atoms. The summed E-state index contributed by atoms with van der Waals surface area (Å²) in [7, 11) is 1.67. The van der Waals surface area contributed by atoms with E-state index in [1.165, 1.54) is 19.3 Å². The molecule has 2 aromatic heterocycles. The summed E-state index contributed by atoms with van der Waals surface area (Å²) in [6.45, 7) is 0.695. The number of aromatic nitrogens is 4. The molecule has 0 bridgehead atoms. The summed E-state index contributed by atoms with van der Waals surface area (Å²) in [6.07, 6.45) is 7.90. The number of imidazole rings is 1. The first-order valence-electron chi connectivity index (χ1n) is 8.86. The quantitative estimate of drug-likeness (QED) is 0.788. The molecule has 0 saturated heterocycles. The fourth-order valence-corrected chi connectivity index (χ4v) is 3.57. The van der Waals surface area contributed by atoms with Crippen molar-refractivity contribution in [2.24, 2.45) is 0 Å². The van der Waals surface area contributed by atoms with E-state index < -0.39 is 0 Å². The molecule has 130 valence electrons. The van der Waals surface area contributed by atoms with E-state index in [9.17, 15) is 0 Å². The zero-order valence-electron chi connectivity index (χ0n) is 14.5. The van der Waals surface area contributed by atoms with Crippen molar-refractivity contribution in [2.45, 2.75) is 44.6 Å². The van der Waals surface area contributed by atoms with E-state index in [1.807, 2.05) is 16.7 Å². The van der Waals surface area contributed by atoms with Gasteiger partial charge in [-0.2, -0.15) is 0 Å². The van der Waals surface area contributed by atoms with Gasteiger partial charge in [0.25, 0.3) is 0 Å². The van der Waals surface area contributed by atoms with Gasteiger partial charge >= 0.3 is 0 Å². The van der Waals surface area contributed by atoms with Gasteiger partial charge in [-0.15, -0.1) is 0 Å². The number of anilines is 1. The molecule has 3 aromatic rings. The molecule has 1 aliphatic rings. The average molecular weight is 337 g/mol. The second-order valence-electron chi connectivity index (χ2n) is 6.69. The number of hydrogen-bond donors (Lipinski definition) is 1. The van der Waals surface area contributed by atoms with Crippen LogP contribution in [0.3, 0.4) is 0 Å². The fraction of sp³-hybridized carbons (Fsp3) is 0.421. The Hall–Kier alpha value is -2.63. The largest absolute Gasteiger partial charge is 0.497 e. The molecule has 1 saturated carbocycles. The lowest BCUT2D eigenvalue weighted by Crippen LogP contribution is -2.11. The molecule has 0 atom stereocenters. The van der Waals surface area contributed by atoms with Crippen molar-refractivity contribution in [2.75, 3.05) is 12.8 Å². The molecule has 0 unspecified atom stereocenters. The van der Waals surface area contributed by atoms with E-state index in [0.717, 1.165) is 35.6 Å². The number of ether oxygens (including phenoxy) is 1. The molecular weight excluding hydrogens is 314 g/mol. The summed E-state index contributed by atoms with van der Waals surface area (Å²) in [5.74, 6) is 2.63. The number of benzene rings is 1. The van der Waals surface area contributed by atoms with Crippen molar-refractivity contribution in [1.82, 2.24) is 19.5 Å². The zero-order valence-corrected chi connectivity index (χ0v) is 14.5. The molecule has 4 rings (SSSR count). The highest BCUT2D eigenvalue weighted by Gasteiger charge is 2.21. The van der Waals surface area contributed by atoms with Crippen LogP contribution in [0.1, 0.15) is 49.4 Å². The van der Waals surface area contributed by atoms with Crippen LogP contribution < -0.4 is 10.5 Å². The predicted octanol–water partition coefficient (Wildman–Crippen LogP) is 3.51. The molecule has 0 aliphatic heterocycles. The molecular formula is C19H23N5O. The summed E-state index contributed by atoms with van der Waals surface area (Å²) < 4.78 is 7.26. The van der Waals surface area contributed by atoms with E-state index in [1.54, 1.807) is 13.4 Å². The first-order chi connectivity index (χ1) is 12.2. The van der Waals surface area contributed by atoms with Gasteiger partial charge in [0.15, 0.2) is 11.5 Å². The van der Waals surface area contributed by atoms with Crippen LogP contribution in [0.25, 0.3) is 11.2 Å². The van der Waals surface area contributed by atoms with Gasteiger partial charge in [-0.25, -0.2) is 15.0 Å². The third-order valence-corrected chi connectivity index (χ3v) is 4.99. The van der Waals surface area contributed by atoms with E-state index in [-0.39, 0.29) is 0 Å². The van der Waals surface area contributed by atoms with Gasteiger partial charge in [0.2, 0.25) is 0 Å². The predicted molar refractivity (Wildman–Crippen MR) is 97.7 cm³/mol. The van der Waals surface area contributed by atoms with Crippen molar-refractivity contribution in [3.05, 3.63) is 42.0 Å². The van der Waals surface area contributed by atoms with E-state index in [0.29, 0.717) is 23.8 Å². The number of methoxy groups -OCH3 is 1. The van der Waals surface area contributed by atoms with Crippen molar-refractivity contribution < 1.29 is 4.74 Å². The van der Waals surface area contributed by atoms with Gasteiger partial charge in [0, 0.05) is 5.92 Å². The monoisotopic (exact) mass is 337 g/mol. The number of hydrogen-bond acceptors (Lipinski definition) is 5. The van der Waals surface area contributed by atoms with Crippen LogP contribution in [-0.4, -0.2) is 26.6 Å². The number of nitrogens with two attached hydrogens (primary N) is 1. The van der Waals surface area contributed by atoms with Gasteiger partial charge in [-0.05, 0) is 30.5 Å². The van der Waals surface area contributed by atoms with E-state index >= 15 is 0 Å². The zero-order chi connectivity index (χ0) is 17.2. The summed E-state index contributed by atoms with van der Waals surface area (Å²) in [6, 6.07) is 8.03. The third kappa shape index (κ3) is 3.16. The number of fused-ring (bicyclic) bond motifs is 1. The van der Waals surface area contributed by atoms with Crippen LogP contribution in [0.4, 0.5) is 5.82 Å². The lowest BCUT2D eigenvalue weighted by molar-refractivity contribution is 0.414. The number of nitrogen functional groups attached to an aromatic ring is 1. The van der Waals surface area contributed by atoms with Gasteiger partial charge in [-0.1, -0.05) is 31.4 Å². The van der Waals surface area contributed by atoms with Crippen LogP contribution in [-0.2, 0) is 6.54 Å². The van der Waals surface area contributed by atoms with Gasteiger partial charge in [0.1, 0.15) is 17.1 Å². The number of nitrogens with zero attached hydrogens (tertiary/aromatic N) is 4. The van der Waals surface area contributed by atoms with E-state index in [2.05, 4.69) is 22.1 Å². The SMILES string of the molecule is COc1ccc(Cn2cnc3c(N)nc(C4CCCCC4)nc32)cc1. The molecule has 0 amide bonds. The highest BCUT2D eigenvalue weighted by atomic mass is 16.5. The van der Waals surface area contributed by atoms with Crippen LogP contribution >= 0.6 is 0 Å². The highest BCUT2D eigenvalue weighted by Crippen LogP contribution is 2.32. The molecule has 0 radical (unpaired) electrons. The summed E-state index contributed by atoms with van der Waals surface area (Å²) in [4.78, 5) is 13.8. The van der Waals surface area contributed by atoms with Crippen molar-refractivity contribution in [3.63, 3.8) is 0 Å². The summed E-state index contributed by atoms with van der Waals surface area (Å²) in [5, 5.41) is 0. The van der Waals surface area contributed by atoms with Crippen LogP contribution in [0.2, 0.25) is 0 Å². The minimum atomic E-state index is 0.421. The van der Waals surface area contributed by atoms with Crippen molar-refractivity contribution in [1.29, 1.82) is 0 Å². The minimum Gasteiger partial charge on any atom is -0.497 e. The lowest BCUT2D eigenvalue weighted by atomic mass is 9.89. The first kappa shape index (κ1) is 15.9. The second kappa shape index (κ2) is 6.70. The molecule has 2 heterocycles. The lowest BCUT2D eigenvalue weighted by Gasteiger charge is -2.20. The molecule has 1 aromatic carbocycles. The maximum atomic E-state index is 6.16. The Morgan fingerprint density at radius 1 is 1.12 bits per heavy atom. The van der Waals surface area contributed by atoms with Crippen LogP contribution in [0.5, 0.6) is 5.75 Å². The Labute approximate surface area is 147 Å². The maximum absolute atomic E-state index is 6.16. The Morgan fingerprint density at radius 3 is 2.60 bits per heavy atom. The first-order valence-corrected chi connectivity index (χ1v) is 8.86. The van der Waals surface area contributed by atoms with Crippen molar-refractivity contribution in [3.8, 4) is 5.75 Å². The minimum absolute atomic E-state index is 0.421. The number of rotatable bonds is 4. The normalized spacial score (nSPS) is 15.6. The smallest absolute Gasteiger partial charge is 0.166 e. The highest BCUT2D eigenvalue weighted by molar-refractivity contribution is 5.81. The summed E-state index contributed by atoms with van der Waals surface area (Å²) >= 11 is 0. The Bertz CT molecular complexity index is 865. The summed E-state index contributed by atoms with van der Waals surface area (Å²) in [5.41, 5.74) is 8.84. The van der Waals surface area contributed by atoms with Gasteiger partial charge in [-0.3, -0.25) is 0 Å². The molecule has 25 heavy (non-hydrogen) atoms. The van der Waals surface area contributed by atoms with Crippen LogP contribution in [0.15, 0.2) is 30.6 Å². The molecule has 1 aliphatic carbocycles. The Balaban J connectivity index is 1.67. The van der Waals surface area contributed by atoms with Gasteiger partial charge < -0.3 is 15.0 Å². The van der Waals surface area contributed by atoms with Crippen LogP contribution in [0, 0.1) is 0 Å². The topological polar surface area (TPSA) is 78.9 Å². The average Bonchev–Trinajstić information content (AvgIpc) is 3.06. The molecule has 1 fully saturated rings. The standard InChI is InChI=1S/C19H23N5O/c1-25-15-9-7-13(8-10-15)11-24-12-21-16-17(20)22-18(23-19(16)24)14-5-3-2-4-6-14/h7-10,12,14H,2-6,11H2,1H3,(H2,20,22,23). The maximum Gasteiger partial charge on any atom is 0.166 e. The van der Waals surface area contributed by atoms with E-state index in [4.69, 9.17) is 15.5 Å². The third-order valence-electron chi connectivity index (χ3n) is 4.99. The van der Waals surface area contributed by atoms with Gasteiger partial charge in [0.05, 0.1) is 20.0 Å². The van der Waals surface area contributed by atoms with Crippen molar-refractivity contribution >= 4 is 17.0 Å². The Morgan fingerprint density at radius 2 is 1.88 bits per heavy atom. The Kier molecular flexibility index (Phi) is 4.26. The molecule has 6 heteroatoms. The second-order valence-corrected chi connectivity index (χ2v) is 6.69. The molecule has 2 N–H and O–H groups in total.